The number of nitrogens with zero attached hydrogens (tertiary/aromatic N) is 2. The second-order valence-corrected chi connectivity index (χ2v) is 5.56. The van der Waals surface area contributed by atoms with Gasteiger partial charge in [0.1, 0.15) is 5.82 Å². The van der Waals surface area contributed by atoms with Gasteiger partial charge in [0.25, 0.3) is 0 Å². The molecule has 2 aromatic rings. The van der Waals surface area contributed by atoms with Crippen LogP contribution in [0.4, 0.5) is 0 Å². The number of fused-ring (bicyclic) bond motifs is 1. The zero-order chi connectivity index (χ0) is 12.7. The summed E-state index contributed by atoms with van der Waals surface area (Å²) in [6, 6.07) is 6.93. The van der Waals surface area contributed by atoms with E-state index in [0.29, 0.717) is 5.92 Å². The molecule has 0 amide bonds. The Morgan fingerprint density at radius 1 is 1.11 bits per heavy atom. The minimum atomic E-state index is 0.643. The molecule has 94 valence electrons. The first kappa shape index (κ1) is 11.5. The van der Waals surface area contributed by atoms with Crippen molar-refractivity contribution >= 4 is 0 Å². The second-order valence-electron chi connectivity index (χ2n) is 5.56. The number of benzene rings is 1. The molecular formula is C16H20N2. The van der Waals surface area contributed by atoms with Crippen LogP contribution >= 0.6 is 0 Å². The lowest BCUT2D eigenvalue weighted by atomic mass is 9.89. The minimum Gasteiger partial charge on any atom is -0.332 e. The highest BCUT2D eigenvalue weighted by Gasteiger charge is 2.21. The molecule has 1 aromatic heterocycles. The van der Waals surface area contributed by atoms with Gasteiger partial charge in [-0.05, 0) is 39.2 Å². The molecule has 0 fully saturated rings. The van der Waals surface area contributed by atoms with Crippen LogP contribution in [0.2, 0.25) is 0 Å². The molecule has 0 radical (unpaired) electrons. The van der Waals surface area contributed by atoms with E-state index in [1.807, 2.05) is 6.20 Å². The van der Waals surface area contributed by atoms with Crippen molar-refractivity contribution in [2.24, 2.45) is 0 Å². The highest BCUT2D eigenvalue weighted by atomic mass is 15.1. The van der Waals surface area contributed by atoms with Crippen LogP contribution in [0.1, 0.15) is 40.5 Å². The molecule has 0 saturated heterocycles. The smallest absolute Gasteiger partial charge is 0.105 e. The summed E-state index contributed by atoms with van der Waals surface area (Å²) >= 11 is 0. The fourth-order valence-corrected chi connectivity index (χ4v) is 3.12. The van der Waals surface area contributed by atoms with Gasteiger partial charge >= 0.3 is 0 Å². The largest absolute Gasteiger partial charge is 0.332 e. The summed E-state index contributed by atoms with van der Waals surface area (Å²) in [7, 11) is 0. The molecule has 2 heteroatoms. The molecular weight excluding hydrogens is 220 g/mol. The average molecular weight is 240 g/mol. The van der Waals surface area contributed by atoms with Gasteiger partial charge < -0.3 is 4.57 Å². The van der Waals surface area contributed by atoms with Gasteiger partial charge in [-0.1, -0.05) is 29.3 Å². The van der Waals surface area contributed by atoms with E-state index >= 15 is 0 Å². The Kier molecular flexibility index (Phi) is 2.73. The molecule has 1 aromatic carbocycles. The molecule has 2 nitrogen and oxygen atoms in total. The number of hydrogen-bond donors (Lipinski definition) is 0. The van der Waals surface area contributed by atoms with Gasteiger partial charge in [0.2, 0.25) is 0 Å². The van der Waals surface area contributed by atoms with Gasteiger partial charge in [-0.3, -0.25) is 0 Å². The first-order valence-corrected chi connectivity index (χ1v) is 6.72. The van der Waals surface area contributed by atoms with E-state index in [1.165, 1.54) is 28.8 Å². The summed E-state index contributed by atoms with van der Waals surface area (Å²) in [6.45, 7) is 7.57. The number of rotatable bonds is 1. The van der Waals surface area contributed by atoms with E-state index < -0.39 is 0 Å². The summed E-state index contributed by atoms with van der Waals surface area (Å²) in [6.07, 6.45) is 4.43. The average Bonchev–Trinajstić information content (AvgIpc) is 2.69. The van der Waals surface area contributed by atoms with Gasteiger partial charge in [-0.25, -0.2) is 4.98 Å². The first-order chi connectivity index (χ1) is 8.63. The molecule has 1 unspecified atom stereocenters. The lowest BCUT2D eigenvalue weighted by molar-refractivity contribution is 0.456. The molecule has 18 heavy (non-hydrogen) atoms. The van der Waals surface area contributed by atoms with Gasteiger partial charge in [0.05, 0.1) is 0 Å². The topological polar surface area (TPSA) is 17.8 Å². The van der Waals surface area contributed by atoms with Crippen molar-refractivity contribution in [1.82, 2.24) is 9.55 Å². The standard InChI is InChI=1S/C16H20N2/c1-11-6-12(2)8-15(7-11)14-4-5-16-9-17-13(3)18(16)10-14/h6-9,14H,4-5,10H2,1-3H3. The molecule has 1 aliphatic rings. The summed E-state index contributed by atoms with van der Waals surface area (Å²) in [5.74, 6) is 1.79. The Morgan fingerprint density at radius 2 is 1.83 bits per heavy atom. The maximum absolute atomic E-state index is 4.42. The van der Waals surface area contributed by atoms with Crippen molar-refractivity contribution in [3.8, 4) is 0 Å². The van der Waals surface area contributed by atoms with Crippen molar-refractivity contribution in [1.29, 1.82) is 0 Å². The highest BCUT2D eigenvalue weighted by Crippen LogP contribution is 2.30. The summed E-state index contributed by atoms with van der Waals surface area (Å²) in [4.78, 5) is 4.42. The highest BCUT2D eigenvalue weighted by molar-refractivity contribution is 5.31. The van der Waals surface area contributed by atoms with Crippen LogP contribution in [0.5, 0.6) is 0 Å². The Bertz CT molecular complexity index is 561. The number of hydrogen-bond acceptors (Lipinski definition) is 1. The van der Waals surface area contributed by atoms with E-state index in [0.717, 1.165) is 18.8 Å². The third-order valence-electron chi connectivity index (χ3n) is 4.01. The van der Waals surface area contributed by atoms with Gasteiger partial charge in [-0.15, -0.1) is 0 Å². The van der Waals surface area contributed by atoms with Crippen LogP contribution in [0.15, 0.2) is 24.4 Å². The van der Waals surface area contributed by atoms with Crippen LogP contribution in [-0.2, 0) is 13.0 Å². The Morgan fingerprint density at radius 3 is 2.56 bits per heavy atom. The molecule has 1 atom stereocenters. The lowest BCUT2D eigenvalue weighted by Crippen LogP contribution is -2.19. The molecule has 0 N–H and O–H groups in total. The Labute approximate surface area is 109 Å². The normalized spacial score (nSPS) is 18.7. The molecule has 2 heterocycles. The molecule has 0 bridgehead atoms. The number of aromatic nitrogens is 2. The predicted octanol–water partition coefficient (Wildman–Crippen LogP) is 3.54. The van der Waals surface area contributed by atoms with E-state index in [4.69, 9.17) is 0 Å². The van der Waals surface area contributed by atoms with Crippen molar-refractivity contribution in [3.63, 3.8) is 0 Å². The number of imidazole rings is 1. The summed E-state index contributed by atoms with van der Waals surface area (Å²) < 4.78 is 2.38. The Balaban J connectivity index is 1.93. The van der Waals surface area contributed by atoms with Crippen LogP contribution in [0, 0.1) is 20.8 Å². The maximum atomic E-state index is 4.42. The van der Waals surface area contributed by atoms with Crippen molar-refractivity contribution < 1.29 is 0 Å². The van der Waals surface area contributed by atoms with Crippen LogP contribution < -0.4 is 0 Å². The monoisotopic (exact) mass is 240 g/mol. The molecule has 3 rings (SSSR count). The number of aryl methyl sites for hydroxylation is 4. The molecule has 1 aliphatic heterocycles. The van der Waals surface area contributed by atoms with E-state index in [2.05, 4.69) is 48.5 Å². The first-order valence-electron chi connectivity index (χ1n) is 6.72. The third kappa shape index (κ3) is 1.96. The fraction of sp³-hybridized carbons (Fsp3) is 0.438. The van der Waals surface area contributed by atoms with Crippen molar-refractivity contribution in [2.75, 3.05) is 0 Å². The molecule has 0 spiro atoms. The van der Waals surface area contributed by atoms with Crippen LogP contribution in [-0.4, -0.2) is 9.55 Å². The quantitative estimate of drug-likeness (QED) is 0.745. The SMILES string of the molecule is Cc1cc(C)cc(C2CCc3cnc(C)n3C2)c1. The lowest BCUT2D eigenvalue weighted by Gasteiger charge is -2.26. The summed E-state index contributed by atoms with van der Waals surface area (Å²) in [5.41, 5.74) is 5.63. The van der Waals surface area contributed by atoms with Gasteiger partial charge in [0, 0.05) is 24.4 Å². The minimum absolute atomic E-state index is 0.643. The van der Waals surface area contributed by atoms with Gasteiger partial charge in [-0.2, -0.15) is 0 Å². The van der Waals surface area contributed by atoms with E-state index in [-0.39, 0.29) is 0 Å². The van der Waals surface area contributed by atoms with Crippen molar-refractivity contribution in [3.05, 3.63) is 52.6 Å². The summed E-state index contributed by atoms with van der Waals surface area (Å²) in [5, 5.41) is 0. The van der Waals surface area contributed by atoms with Crippen LogP contribution in [0.3, 0.4) is 0 Å². The molecule has 0 saturated carbocycles. The van der Waals surface area contributed by atoms with Crippen LogP contribution in [0.25, 0.3) is 0 Å². The zero-order valence-corrected chi connectivity index (χ0v) is 11.4. The second kappa shape index (κ2) is 4.27. The van der Waals surface area contributed by atoms with E-state index in [1.54, 1.807) is 0 Å². The predicted molar refractivity (Wildman–Crippen MR) is 73.9 cm³/mol. The Hall–Kier alpha value is -1.57. The zero-order valence-electron chi connectivity index (χ0n) is 11.4. The van der Waals surface area contributed by atoms with Gasteiger partial charge in [0.15, 0.2) is 0 Å². The molecule has 0 aliphatic carbocycles. The maximum Gasteiger partial charge on any atom is 0.105 e. The van der Waals surface area contributed by atoms with Crippen molar-refractivity contribution in [2.45, 2.75) is 46.1 Å². The third-order valence-corrected chi connectivity index (χ3v) is 4.01. The fourth-order valence-electron chi connectivity index (χ4n) is 3.12. The van der Waals surface area contributed by atoms with E-state index in [9.17, 15) is 0 Å².